The Bertz CT molecular complexity index is 664. The number of alkyl halides is 4. The highest BCUT2D eigenvalue weighted by atomic mass is 19.3. The van der Waals surface area contributed by atoms with Gasteiger partial charge in [0.05, 0.1) is 0 Å². The highest BCUT2D eigenvalue weighted by Gasteiger charge is 2.37. The quantitative estimate of drug-likeness (QED) is 0.833. The van der Waals surface area contributed by atoms with E-state index in [1.165, 1.54) is 11.0 Å². The maximum atomic E-state index is 13.5. The fraction of sp³-hybridized carbons (Fsp3) is 0.625. The van der Waals surface area contributed by atoms with Crippen molar-refractivity contribution in [1.82, 2.24) is 4.98 Å². The molecule has 1 saturated heterocycles. The van der Waals surface area contributed by atoms with Crippen LogP contribution in [-0.2, 0) is 12.8 Å². The summed E-state index contributed by atoms with van der Waals surface area (Å²) in [5.41, 5.74) is 0.473. The Morgan fingerprint density at radius 2 is 1.88 bits per heavy atom. The smallest absolute Gasteiger partial charge is 0.339 e. The van der Waals surface area contributed by atoms with Gasteiger partial charge >= 0.3 is 5.97 Å². The van der Waals surface area contributed by atoms with Crippen LogP contribution < -0.4 is 4.90 Å². The Kier molecular flexibility index (Phi) is 4.17. The summed E-state index contributed by atoms with van der Waals surface area (Å²) in [6.45, 7) is 0.271. The summed E-state index contributed by atoms with van der Waals surface area (Å²) >= 11 is 0. The molecule has 1 aromatic heterocycles. The lowest BCUT2D eigenvalue weighted by molar-refractivity contribution is -0.0131. The average molecular weight is 346 g/mol. The van der Waals surface area contributed by atoms with E-state index in [9.17, 15) is 27.5 Å². The largest absolute Gasteiger partial charge is 0.478 e. The maximum Gasteiger partial charge on any atom is 0.339 e. The zero-order valence-electron chi connectivity index (χ0n) is 13.0. The van der Waals surface area contributed by atoms with E-state index in [1.807, 2.05) is 0 Å². The van der Waals surface area contributed by atoms with Crippen molar-refractivity contribution in [2.45, 2.75) is 50.4 Å². The topological polar surface area (TPSA) is 53.4 Å². The molecular weight excluding hydrogens is 328 g/mol. The Morgan fingerprint density at radius 1 is 1.12 bits per heavy atom. The number of carbonyl (C=O) groups is 1. The zero-order valence-corrected chi connectivity index (χ0v) is 13.0. The van der Waals surface area contributed by atoms with E-state index in [0.717, 1.165) is 0 Å². The number of anilines is 1. The predicted molar refractivity (Wildman–Crippen MR) is 79.2 cm³/mol. The maximum absolute atomic E-state index is 13.5. The zero-order chi connectivity index (χ0) is 17.5. The molecule has 0 aromatic carbocycles. The first-order chi connectivity index (χ1) is 11.2. The summed E-state index contributed by atoms with van der Waals surface area (Å²) in [5.74, 6) is -6.81. The third kappa shape index (κ3) is 3.47. The Balaban J connectivity index is 1.97. The number of hydrogen-bond acceptors (Lipinski definition) is 3. The second-order valence-corrected chi connectivity index (χ2v) is 6.50. The van der Waals surface area contributed by atoms with E-state index in [2.05, 4.69) is 4.98 Å². The van der Waals surface area contributed by atoms with Crippen LogP contribution in [0.2, 0.25) is 0 Å². The average Bonchev–Trinajstić information content (AvgIpc) is 2.66. The van der Waals surface area contributed by atoms with E-state index in [0.29, 0.717) is 5.69 Å². The minimum atomic E-state index is -2.86. The molecule has 4 nitrogen and oxygen atoms in total. The molecule has 0 bridgehead atoms. The number of aromatic carboxylic acids is 1. The van der Waals surface area contributed by atoms with E-state index >= 15 is 0 Å². The molecule has 1 aliphatic carbocycles. The lowest BCUT2D eigenvalue weighted by Crippen LogP contribution is -2.31. The van der Waals surface area contributed by atoms with Gasteiger partial charge in [0, 0.05) is 44.5 Å². The van der Waals surface area contributed by atoms with Crippen LogP contribution in [-0.4, -0.2) is 41.0 Å². The van der Waals surface area contributed by atoms with Gasteiger partial charge in [-0.3, -0.25) is 0 Å². The fourth-order valence-corrected chi connectivity index (χ4v) is 3.29. The number of rotatable bonds is 2. The van der Waals surface area contributed by atoms with Gasteiger partial charge in [-0.25, -0.2) is 27.3 Å². The molecule has 8 heteroatoms. The first-order valence-electron chi connectivity index (χ1n) is 7.94. The number of aryl methyl sites for hydroxylation is 1. The van der Waals surface area contributed by atoms with Crippen LogP contribution in [0.1, 0.15) is 47.3 Å². The van der Waals surface area contributed by atoms with Crippen LogP contribution >= 0.6 is 0 Å². The molecule has 0 amide bonds. The van der Waals surface area contributed by atoms with Gasteiger partial charge in [-0.05, 0) is 24.5 Å². The molecule has 1 aromatic rings. The molecule has 0 saturated carbocycles. The summed E-state index contributed by atoms with van der Waals surface area (Å²) in [6, 6.07) is 1.23. The normalized spacial score (nSPS) is 22.6. The van der Waals surface area contributed by atoms with Crippen molar-refractivity contribution in [2.24, 2.45) is 0 Å². The van der Waals surface area contributed by atoms with Gasteiger partial charge in [-0.1, -0.05) is 0 Å². The molecule has 2 heterocycles. The Hall–Kier alpha value is -1.86. The van der Waals surface area contributed by atoms with Crippen LogP contribution in [0.15, 0.2) is 6.07 Å². The van der Waals surface area contributed by atoms with Gasteiger partial charge in [-0.2, -0.15) is 0 Å². The number of hydrogen-bond donors (Lipinski definition) is 1. The monoisotopic (exact) mass is 346 g/mol. The van der Waals surface area contributed by atoms with E-state index in [-0.39, 0.29) is 62.1 Å². The summed E-state index contributed by atoms with van der Waals surface area (Å²) < 4.78 is 54.1. The fourth-order valence-electron chi connectivity index (χ4n) is 3.29. The van der Waals surface area contributed by atoms with Gasteiger partial charge in [0.1, 0.15) is 11.4 Å². The SMILES string of the molecule is O=C(O)c1cc2c(nc1N1CCCC(F)(F)CC1)CCC(F)(F)C2. The molecule has 132 valence electrons. The standard InChI is InChI=1S/C16H18F4N2O2/c17-15(18)3-1-6-22(7-5-15)13-11(14(23)24)8-10-9-16(19,20)4-2-12(10)21-13/h8H,1-7,9H2,(H,23,24). The van der Waals surface area contributed by atoms with Crippen LogP contribution in [0, 0.1) is 0 Å². The third-order valence-electron chi connectivity index (χ3n) is 4.60. The molecule has 0 spiro atoms. The van der Waals surface area contributed by atoms with Gasteiger partial charge in [0.15, 0.2) is 0 Å². The minimum Gasteiger partial charge on any atom is -0.478 e. The van der Waals surface area contributed by atoms with Crippen LogP contribution in [0.25, 0.3) is 0 Å². The van der Waals surface area contributed by atoms with E-state index in [1.54, 1.807) is 0 Å². The number of nitrogens with zero attached hydrogens (tertiary/aromatic N) is 2. The lowest BCUT2D eigenvalue weighted by atomic mass is 9.91. The summed E-state index contributed by atoms with van der Waals surface area (Å²) in [5, 5.41) is 9.40. The van der Waals surface area contributed by atoms with Crippen LogP contribution in [0.5, 0.6) is 0 Å². The molecule has 0 unspecified atom stereocenters. The summed E-state index contributed by atoms with van der Waals surface area (Å²) in [6.07, 6.45) is -1.21. The second kappa shape index (κ2) is 5.89. The van der Waals surface area contributed by atoms with Crippen molar-refractivity contribution in [3.63, 3.8) is 0 Å². The van der Waals surface area contributed by atoms with Gasteiger partial charge in [0.2, 0.25) is 5.92 Å². The first-order valence-corrected chi connectivity index (χ1v) is 7.94. The van der Waals surface area contributed by atoms with Crippen molar-refractivity contribution in [3.05, 3.63) is 22.9 Å². The van der Waals surface area contributed by atoms with Crippen molar-refractivity contribution in [1.29, 1.82) is 0 Å². The van der Waals surface area contributed by atoms with E-state index in [4.69, 9.17) is 0 Å². The lowest BCUT2D eigenvalue weighted by Gasteiger charge is -2.28. The van der Waals surface area contributed by atoms with Crippen molar-refractivity contribution < 1.29 is 27.5 Å². The molecule has 24 heavy (non-hydrogen) atoms. The number of halogens is 4. The molecule has 0 radical (unpaired) electrons. The third-order valence-corrected chi connectivity index (χ3v) is 4.60. The number of pyridine rings is 1. The predicted octanol–water partition coefficient (Wildman–Crippen LogP) is 3.53. The number of carboxylic acids is 1. The molecule has 3 rings (SSSR count). The number of fused-ring (bicyclic) bond motifs is 1. The summed E-state index contributed by atoms with van der Waals surface area (Å²) in [4.78, 5) is 17.3. The Morgan fingerprint density at radius 3 is 2.58 bits per heavy atom. The van der Waals surface area contributed by atoms with Crippen molar-refractivity contribution >= 4 is 11.8 Å². The van der Waals surface area contributed by atoms with Crippen LogP contribution in [0.3, 0.4) is 0 Å². The van der Waals surface area contributed by atoms with Gasteiger partial charge in [-0.15, -0.1) is 0 Å². The first kappa shape index (κ1) is 17.0. The summed E-state index contributed by atoms with van der Waals surface area (Å²) in [7, 11) is 0. The highest BCUT2D eigenvalue weighted by Crippen LogP contribution is 2.36. The Labute approximate surface area is 136 Å². The minimum absolute atomic E-state index is 0.00474. The number of carboxylic acid groups (broad SMARTS) is 1. The van der Waals surface area contributed by atoms with Crippen molar-refractivity contribution in [3.8, 4) is 0 Å². The van der Waals surface area contributed by atoms with Gasteiger partial charge < -0.3 is 10.0 Å². The number of aromatic nitrogens is 1. The van der Waals surface area contributed by atoms with Crippen molar-refractivity contribution in [2.75, 3.05) is 18.0 Å². The highest BCUT2D eigenvalue weighted by molar-refractivity contribution is 5.93. The molecule has 1 fully saturated rings. The van der Waals surface area contributed by atoms with E-state index < -0.39 is 24.2 Å². The molecular formula is C16H18F4N2O2. The molecule has 2 aliphatic rings. The van der Waals surface area contributed by atoms with Gasteiger partial charge in [0.25, 0.3) is 5.92 Å². The second-order valence-electron chi connectivity index (χ2n) is 6.50. The molecule has 1 N–H and O–H groups in total. The molecule has 1 aliphatic heterocycles. The van der Waals surface area contributed by atoms with Crippen LogP contribution in [0.4, 0.5) is 23.4 Å². The molecule has 0 atom stereocenters.